The molecule has 0 radical (unpaired) electrons. The highest BCUT2D eigenvalue weighted by atomic mass is 32.1. The number of nitrogens with zero attached hydrogens (tertiary/aromatic N) is 4. The third-order valence-electron chi connectivity index (χ3n) is 10.0. The summed E-state index contributed by atoms with van der Waals surface area (Å²) in [4.78, 5) is 15.2. The molecular weight excluding hydrogens is 641 g/mol. The number of aromatic nitrogens is 4. The lowest BCUT2D eigenvalue weighted by atomic mass is 10.0. The summed E-state index contributed by atoms with van der Waals surface area (Å²) in [6, 6.07) is 51.6. The predicted molar refractivity (Wildman–Crippen MR) is 213 cm³/mol. The number of fused-ring (bicyclic) bond motifs is 6. The average Bonchev–Trinajstić information content (AvgIpc) is 3.74. The number of hydrogen-bond acceptors (Lipinski definition) is 4. The van der Waals surface area contributed by atoms with Crippen molar-refractivity contribution in [3.8, 4) is 45.3 Å². The standard InChI is InChI=1S/C46H32N4S/c1-2-13-32(14-3-1)44-47-45(49-46(48-44)39-20-11-19-38-37-18-6-9-23-42(37)51-43(38)39)33-26-24-31(25-27-33)34-15-10-12-30(28-34)29-50-40-21-7-4-16-35(40)36-17-5-8-22-41(36)50/h1-4,6-16,18-28H,5,17,29H2. The molecule has 1 aliphatic carbocycles. The van der Waals surface area contributed by atoms with Crippen molar-refractivity contribution in [3.63, 3.8) is 0 Å². The summed E-state index contributed by atoms with van der Waals surface area (Å²) in [7, 11) is 0. The van der Waals surface area contributed by atoms with Crippen LogP contribution in [-0.4, -0.2) is 19.5 Å². The molecule has 1 aliphatic rings. The van der Waals surface area contributed by atoms with Crippen molar-refractivity contribution in [2.45, 2.75) is 19.4 Å². The molecule has 10 rings (SSSR count). The van der Waals surface area contributed by atoms with Crippen LogP contribution in [-0.2, 0) is 13.0 Å². The van der Waals surface area contributed by atoms with Gasteiger partial charge in [-0.15, -0.1) is 11.3 Å². The van der Waals surface area contributed by atoms with Crippen molar-refractivity contribution in [2.75, 3.05) is 0 Å². The van der Waals surface area contributed by atoms with Crippen molar-refractivity contribution < 1.29 is 0 Å². The molecule has 0 atom stereocenters. The third-order valence-corrected chi connectivity index (χ3v) is 11.2. The maximum Gasteiger partial charge on any atom is 0.165 e. The number of allylic oxidation sites excluding steroid dienone is 1. The summed E-state index contributed by atoms with van der Waals surface area (Å²) in [5, 5.41) is 3.86. The lowest BCUT2D eigenvalue weighted by Crippen LogP contribution is -2.04. The van der Waals surface area contributed by atoms with Crippen molar-refractivity contribution in [2.24, 2.45) is 0 Å². The fourth-order valence-electron chi connectivity index (χ4n) is 7.55. The van der Waals surface area contributed by atoms with E-state index in [0.29, 0.717) is 17.5 Å². The van der Waals surface area contributed by atoms with Crippen LogP contribution in [0.5, 0.6) is 0 Å². The molecule has 0 amide bonds. The summed E-state index contributed by atoms with van der Waals surface area (Å²) in [5.74, 6) is 2.01. The van der Waals surface area contributed by atoms with Crippen molar-refractivity contribution >= 4 is 48.5 Å². The van der Waals surface area contributed by atoms with E-state index in [1.807, 2.05) is 18.2 Å². The van der Waals surface area contributed by atoms with E-state index in [1.54, 1.807) is 11.3 Å². The van der Waals surface area contributed by atoms with Gasteiger partial charge in [0.15, 0.2) is 17.5 Å². The maximum atomic E-state index is 5.11. The van der Waals surface area contributed by atoms with Crippen LogP contribution in [0.25, 0.3) is 82.4 Å². The minimum absolute atomic E-state index is 0.662. The quantitative estimate of drug-likeness (QED) is 0.177. The summed E-state index contributed by atoms with van der Waals surface area (Å²) in [6.07, 6.45) is 6.81. The largest absolute Gasteiger partial charge is 0.336 e. The molecule has 9 aromatic rings. The van der Waals surface area contributed by atoms with Crippen LogP contribution in [0.3, 0.4) is 0 Å². The molecule has 0 fully saturated rings. The Hall–Kier alpha value is -6.17. The fraction of sp³-hybridized carbons (Fsp3) is 0.0652. The zero-order valence-electron chi connectivity index (χ0n) is 27.8. The van der Waals surface area contributed by atoms with Gasteiger partial charge in [-0.05, 0) is 65.4 Å². The van der Waals surface area contributed by atoms with Gasteiger partial charge in [0.1, 0.15) is 0 Å². The molecule has 6 aromatic carbocycles. The molecule has 4 nitrogen and oxygen atoms in total. The third kappa shape index (κ3) is 5.25. The molecule has 0 spiro atoms. The molecule has 0 aliphatic heterocycles. The van der Waals surface area contributed by atoms with Crippen LogP contribution in [0, 0.1) is 0 Å². The van der Waals surface area contributed by atoms with E-state index in [-0.39, 0.29) is 0 Å². The van der Waals surface area contributed by atoms with Gasteiger partial charge < -0.3 is 4.57 Å². The SMILES string of the molecule is C1=Cc2c(c3ccccc3n2Cc2cccc(-c3ccc(-c4nc(-c5ccccc5)nc(-c5cccc6c5sc5ccccc56)n4)cc3)c2)CC1. The summed E-state index contributed by atoms with van der Waals surface area (Å²) >= 11 is 1.79. The topological polar surface area (TPSA) is 43.6 Å². The summed E-state index contributed by atoms with van der Waals surface area (Å²) in [6.45, 7) is 0.828. The second-order valence-corrected chi connectivity index (χ2v) is 14.2. The van der Waals surface area contributed by atoms with Gasteiger partial charge in [0.05, 0.1) is 0 Å². The number of aryl methyl sites for hydroxylation is 1. The van der Waals surface area contributed by atoms with Crippen LogP contribution < -0.4 is 0 Å². The molecule has 3 heterocycles. The zero-order valence-corrected chi connectivity index (χ0v) is 28.6. The van der Waals surface area contributed by atoms with E-state index in [4.69, 9.17) is 15.0 Å². The Morgan fingerprint density at radius 2 is 1.22 bits per heavy atom. The Morgan fingerprint density at radius 1 is 0.549 bits per heavy atom. The zero-order chi connectivity index (χ0) is 33.7. The second kappa shape index (κ2) is 12.3. The van der Waals surface area contributed by atoms with E-state index < -0.39 is 0 Å². The molecular formula is C46H32N4S. The van der Waals surface area contributed by atoms with Crippen molar-refractivity contribution in [1.29, 1.82) is 0 Å². The number of para-hydroxylation sites is 1. The Labute approximate surface area is 300 Å². The highest BCUT2D eigenvalue weighted by molar-refractivity contribution is 7.26. The lowest BCUT2D eigenvalue weighted by Gasteiger charge is -2.13. The van der Waals surface area contributed by atoms with E-state index >= 15 is 0 Å². The molecule has 0 bridgehead atoms. The van der Waals surface area contributed by atoms with Crippen LogP contribution in [0.15, 0.2) is 152 Å². The number of rotatable bonds is 6. The normalized spacial score (nSPS) is 12.5. The minimum Gasteiger partial charge on any atom is -0.336 e. The predicted octanol–water partition coefficient (Wildman–Crippen LogP) is 11.9. The van der Waals surface area contributed by atoms with Crippen LogP contribution >= 0.6 is 11.3 Å². The number of hydrogen-bond donors (Lipinski definition) is 0. The summed E-state index contributed by atoms with van der Waals surface area (Å²) < 4.78 is 4.93. The van der Waals surface area contributed by atoms with Crippen LogP contribution in [0.1, 0.15) is 23.2 Å². The Balaban J connectivity index is 1.02. The fourth-order valence-corrected chi connectivity index (χ4v) is 8.76. The van der Waals surface area contributed by atoms with Crippen molar-refractivity contribution in [1.82, 2.24) is 19.5 Å². The molecule has 5 heteroatoms. The Bertz CT molecular complexity index is 2770. The second-order valence-electron chi connectivity index (χ2n) is 13.1. The highest BCUT2D eigenvalue weighted by Gasteiger charge is 2.18. The monoisotopic (exact) mass is 672 g/mol. The smallest absolute Gasteiger partial charge is 0.165 e. The first-order chi connectivity index (χ1) is 25.3. The molecule has 51 heavy (non-hydrogen) atoms. The Morgan fingerprint density at radius 3 is 2.08 bits per heavy atom. The minimum atomic E-state index is 0.662. The van der Waals surface area contributed by atoms with Gasteiger partial charge >= 0.3 is 0 Å². The van der Waals surface area contributed by atoms with Crippen LogP contribution in [0.4, 0.5) is 0 Å². The van der Waals surface area contributed by atoms with Gasteiger partial charge in [-0.25, -0.2) is 15.0 Å². The first-order valence-electron chi connectivity index (χ1n) is 17.5. The maximum absolute atomic E-state index is 5.11. The Kier molecular flexibility index (Phi) is 7.17. The lowest BCUT2D eigenvalue weighted by molar-refractivity contribution is 0.812. The molecule has 242 valence electrons. The van der Waals surface area contributed by atoms with Gasteiger partial charge in [-0.3, -0.25) is 0 Å². The van der Waals surface area contributed by atoms with Gasteiger partial charge in [-0.2, -0.15) is 0 Å². The molecule has 0 N–H and O–H groups in total. The number of benzene rings is 6. The number of thiophene rings is 1. The average molecular weight is 673 g/mol. The molecule has 0 unspecified atom stereocenters. The highest BCUT2D eigenvalue weighted by Crippen LogP contribution is 2.40. The van der Waals surface area contributed by atoms with Gasteiger partial charge in [0.25, 0.3) is 0 Å². The first kappa shape index (κ1) is 29.7. The van der Waals surface area contributed by atoms with E-state index in [0.717, 1.165) is 41.6 Å². The van der Waals surface area contributed by atoms with Gasteiger partial charge in [-0.1, -0.05) is 127 Å². The molecule has 0 saturated heterocycles. The van der Waals surface area contributed by atoms with E-state index in [9.17, 15) is 0 Å². The van der Waals surface area contributed by atoms with Gasteiger partial charge in [0, 0.05) is 60.0 Å². The van der Waals surface area contributed by atoms with E-state index in [2.05, 4.69) is 144 Å². The molecule has 3 aromatic heterocycles. The first-order valence-corrected chi connectivity index (χ1v) is 18.3. The van der Waals surface area contributed by atoms with Gasteiger partial charge in [0.2, 0.25) is 0 Å². The van der Waals surface area contributed by atoms with Crippen LogP contribution in [0.2, 0.25) is 0 Å². The van der Waals surface area contributed by atoms with E-state index in [1.165, 1.54) is 53.5 Å². The van der Waals surface area contributed by atoms with Crippen molar-refractivity contribution in [3.05, 3.63) is 168 Å². The molecule has 0 saturated carbocycles. The summed E-state index contributed by atoms with van der Waals surface area (Å²) in [5.41, 5.74) is 10.7.